The number of nitrogens with zero attached hydrogens (tertiary/aromatic N) is 4. The van der Waals surface area contributed by atoms with E-state index in [4.69, 9.17) is 11.6 Å². The van der Waals surface area contributed by atoms with Crippen LogP contribution in [-0.2, 0) is 11.2 Å². The highest BCUT2D eigenvalue weighted by Gasteiger charge is 2.28. The van der Waals surface area contributed by atoms with Crippen molar-refractivity contribution in [3.05, 3.63) is 70.3 Å². The topological polar surface area (TPSA) is 74.8 Å². The lowest BCUT2D eigenvalue weighted by atomic mass is 9.97. The maximum absolute atomic E-state index is 13.2. The number of carbonyl (C=O) groups excluding carboxylic acids is 1. The Morgan fingerprint density at radius 2 is 2.06 bits per heavy atom. The Hall–Kier alpha value is -2.61. The summed E-state index contributed by atoms with van der Waals surface area (Å²) in [5.41, 5.74) is 3.69. The fourth-order valence-corrected chi connectivity index (χ4v) is 4.61. The van der Waals surface area contributed by atoms with Crippen LogP contribution in [0, 0.1) is 11.1 Å². The van der Waals surface area contributed by atoms with Crippen LogP contribution < -0.4 is 10.5 Å². The molecule has 0 saturated carbocycles. The van der Waals surface area contributed by atoms with Gasteiger partial charge in [-0.05, 0) is 55.1 Å². The van der Waals surface area contributed by atoms with E-state index in [0.29, 0.717) is 30.2 Å². The maximum Gasteiger partial charge on any atom is 0.222 e. The van der Waals surface area contributed by atoms with Crippen LogP contribution in [0.1, 0.15) is 37.8 Å². The SMILES string of the molecule is CC(C)C(=O)NCCN1CCC[C@@H]1CN1C=C(Cc2ccc(Cl)cc2)c2ccncc2N1[O-]. The molecule has 2 aromatic rings. The van der Waals surface area contributed by atoms with E-state index in [0.717, 1.165) is 47.8 Å². The molecule has 33 heavy (non-hydrogen) atoms. The van der Waals surface area contributed by atoms with Crippen LogP contribution in [0.3, 0.4) is 0 Å². The normalized spacial score (nSPS) is 18.5. The van der Waals surface area contributed by atoms with Crippen LogP contribution in [0.25, 0.3) is 5.57 Å². The molecule has 1 amide bonds. The monoisotopic (exact) mass is 468 g/mol. The number of likely N-dealkylation sites (tertiary alicyclic amines) is 1. The number of hydrazine groups is 1. The van der Waals surface area contributed by atoms with Gasteiger partial charge in [0, 0.05) is 48.0 Å². The minimum Gasteiger partial charge on any atom is -0.738 e. The molecule has 8 heteroatoms. The lowest BCUT2D eigenvalue weighted by molar-refractivity contribution is -0.124. The van der Waals surface area contributed by atoms with Gasteiger partial charge in [-0.2, -0.15) is 0 Å². The van der Waals surface area contributed by atoms with Crippen molar-refractivity contribution in [1.82, 2.24) is 20.2 Å². The molecule has 1 saturated heterocycles. The van der Waals surface area contributed by atoms with Crippen LogP contribution in [0.2, 0.25) is 5.02 Å². The number of hydrogen-bond acceptors (Lipinski definition) is 6. The first kappa shape index (κ1) is 23.5. The first-order valence-corrected chi connectivity index (χ1v) is 11.9. The molecule has 1 N–H and O–H groups in total. The minimum absolute atomic E-state index is 0.0142. The van der Waals surface area contributed by atoms with Gasteiger partial charge < -0.3 is 20.7 Å². The largest absolute Gasteiger partial charge is 0.738 e. The molecule has 0 spiro atoms. The van der Waals surface area contributed by atoms with Gasteiger partial charge in [0.2, 0.25) is 5.91 Å². The second kappa shape index (κ2) is 10.5. The molecule has 1 aromatic carbocycles. The van der Waals surface area contributed by atoms with Gasteiger partial charge in [-0.25, -0.2) is 0 Å². The van der Waals surface area contributed by atoms with E-state index in [9.17, 15) is 10.0 Å². The van der Waals surface area contributed by atoms with Gasteiger partial charge in [0.1, 0.15) is 0 Å². The average Bonchev–Trinajstić information content (AvgIpc) is 3.25. The van der Waals surface area contributed by atoms with Crippen molar-refractivity contribution in [2.24, 2.45) is 5.92 Å². The number of rotatable bonds is 8. The van der Waals surface area contributed by atoms with Gasteiger partial charge >= 0.3 is 0 Å². The molecule has 0 unspecified atom stereocenters. The lowest BCUT2D eigenvalue weighted by Crippen LogP contribution is -2.47. The molecule has 0 bridgehead atoms. The summed E-state index contributed by atoms with van der Waals surface area (Å²) in [4.78, 5) is 18.4. The second-order valence-corrected chi connectivity index (χ2v) is 9.46. The van der Waals surface area contributed by atoms with Crippen LogP contribution in [-0.4, -0.2) is 53.0 Å². The standard InChI is InChI=1S/C25H31ClN5O2/c1-18(2)25(32)28-11-13-29-12-3-4-22(29)17-30-16-20(14-19-5-7-21(26)8-6-19)23-9-10-27-15-24(23)31(30)33/h5-10,15-16,18,22H,3-4,11-14,17H2,1-2H3,(H,28,32)/q-1/t22-/m1/s1. The van der Waals surface area contributed by atoms with Crippen molar-refractivity contribution in [1.29, 1.82) is 0 Å². The van der Waals surface area contributed by atoms with Gasteiger partial charge in [-0.1, -0.05) is 37.6 Å². The number of fused-ring (bicyclic) bond motifs is 1. The van der Waals surface area contributed by atoms with E-state index >= 15 is 0 Å². The van der Waals surface area contributed by atoms with E-state index < -0.39 is 0 Å². The van der Waals surface area contributed by atoms with E-state index in [2.05, 4.69) is 15.2 Å². The molecule has 0 aliphatic carbocycles. The zero-order chi connectivity index (χ0) is 23.4. The Kier molecular flexibility index (Phi) is 7.53. The van der Waals surface area contributed by atoms with Gasteiger partial charge in [-0.3, -0.25) is 14.7 Å². The zero-order valence-electron chi connectivity index (χ0n) is 19.2. The third-order valence-electron chi connectivity index (χ3n) is 6.32. The third-order valence-corrected chi connectivity index (χ3v) is 6.57. The Labute approximate surface area is 200 Å². The molecule has 7 nitrogen and oxygen atoms in total. The van der Waals surface area contributed by atoms with Crippen molar-refractivity contribution in [2.45, 2.75) is 39.2 Å². The maximum atomic E-state index is 13.2. The minimum atomic E-state index is -0.0142. The number of aromatic nitrogens is 1. The summed E-state index contributed by atoms with van der Waals surface area (Å²) in [6.45, 7) is 6.78. The summed E-state index contributed by atoms with van der Waals surface area (Å²) in [6.07, 6.45) is 8.16. The highest BCUT2D eigenvalue weighted by atomic mass is 35.5. The van der Waals surface area contributed by atoms with Crippen LogP contribution in [0.5, 0.6) is 0 Å². The van der Waals surface area contributed by atoms with Crippen molar-refractivity contribution in [2.75, 3.05) is 31.4 Å². The first-order chi connectivity index (χ1) is 15.9. The van der Waals surface area contributed by atoms with E-state index in [-0.39, 0.29) is 17.9 Å². The van der Waals surface area contributed by atoms with Crippen molar-refractivity contribution < 1.29 is 4.79 Å². The Morgan fingerprint density at radius 3 is 2.82 bits per heavy atom. The summed E-state index contributed by atoms with van der Waals surface area (Å²) in [5, 5.41) is 19.6. The predicted octanol–water partition coefficient (Wildman–Crippen LogP) is 4.09. The molecule has 176 valence electrons. The van der Waals surface area contributed by atoms with Gasteiger partial charge in [-0.15, -0.1) is 0 Å². The van der Waals surface area contributed by atoms with Crippen LogP contribution >= 0.6 is 11.6 Å². The summed E-state index contributed by atoms with van der Waals surface area (Å²) < 4.78 is 0. The molecular weight excluding hydrogens is 438 g/mol. The number of allylic oxidation sites excluding steroid dienone is 1. The highest BCUT2D eigenvalue weighted by molar-refractivity contribution is 6.30. The number of carbonyl (C=O) groups is 1. The average molecular weight is 469 g/mol. The summed E-state index contributed by atoms with van der Waals surface area (Å²) >= 11 is 6.05. The van der Waals surface area contributed by atoms with E-state index in [1.807, 2.05) is 50.4 Å². The van der Waals surface area contributed by atoms with Crippen LogP contribution in [0.4, 0.5) is 5.69 Å². The Morgan fingerprint density at radius 1 is 1.27 bits per heavy atom. The number of anilines is 1. The van der Waals surface area contributed by atoms with Crippen molar-refractivity contribution >= 4 is 28.8 Å². The Balaban J connectivity index is 1.48. The molecule has 1 atom stereocenters. The molecule has 2 aliphatic heterocycles. The number of amides is 1. The molecule has 0 radical (unpaired) electrons. The zero-order valence-corrected chi connectivity index (χ0v) is 20.0. The second-order valence-electron chi connectivity index (χ2n) is 9.02. The molecule has 1 aromatic heterocycles. The molecule has 2 aliphatic rings. The third kappa shape index (κ3) is 5.66. The quantitative estimate of drug-likeness (QED) is 0.629. The number of nitrogens with one attached hydrogen (secondary N) is 1. The van der Waals surface area contributed by atoms with Crippen LogP contribution in [0.15, 0.2) is 48.9 Å². The fourth-order valence-electron chi connectivity index (χ4n) is 4.48. The number of halogens is 1. The Bertz CT molecular complexity index is 995. The predicted molar refractivity (Wildman–Crippen MR) is 132 cm³/mol. The van der Waals surface area contributed by atoms with Gasteiger partial charge in [0.05, 0.1) is 18.4 Å². The fraction of sp³-hybridized carbons (Fsp3) is 0.440. The highest BCUT2D eigenvalue weighted by Crippen LogP contribution is 2.35. The molecule has 1 fully saturated rings. The number of benzene rings is 1. The van der Waals surface area contributed by atoms with Gasteiger partial charge in [0.25, 0.3) is 0 Å². The summed E-state index contributed by atoms with van der Waals surface area (Å²) in [7, 11) is 0. The molecular formula is C25H31ClN5O2-. The number of pyridine rings is 1. The number of hydrogen-bond donors (Lipinski definition) is 1. The van der Waals surface area contributed by atoms with E-state index in [1.54, 1.807) is 17.4 Å². The molecule has 3 heterocycles. The molecule has 4 rings (SSSR count). The summed E-state index contributed by atoms with van der Waals surface area (Å²) in [6, 6.07) is 9.96. The van der Waals surface area contributed by atoms with Crippen molar-refractivity contribution in [3.8, 4) is 0 Å². The van der Waals surface area contributed by atoms with Gasteiger partial charge in [0.15, 0.2) is 0 Å². The summed E-state index contributed by atoms with van der Waals surface area (Å²) in [5.74, 6) is 0.0611. The first-order valence-electron chi connectivity index (χ1n) is 11.6. The lowest BCUT2D eigenvalue weighted by Gasteiger charge is -2.47. The van der Waals surface area contributed by atoms with Crippen molar-refractivity contribution in [3.63, 3.8) is 0 Å². The smallest absolute Gasteiger partial charge is 0.222 e. The van der Waals surface area contributed by atoms with E-state index in [1.165, 1.54) is 0 Å².